The maximum atomic E-state index is 14.5. The lowest BCUT2D eigenvalue weighted by molar-refractivity contribution is 0.0976. The second-order valence-corrected chi connectivity index (χ2v) is 7.95. The number of hydrogen-bond acceptors (Lipinski definition) is 1. The van der Waals surface area contributed by atoms with E-state index in [0.29, 0.717) is 6.42 Å². The van der Waals surface area contributed by atoms with Crippen molar-refractivity contribution in [1.82, 2.24) is 0 Å². The van der Waals surface area contributed by atoms with E-state index >= 15 is 0 Å². The molecule has 0 amide bonds. The Labute approximate surface area is 193 Å². The summed E-state index contributed by atoms with van der Waals surface area (Å²) in [5.41, 5.74) is 5.64. The lowest BCUT2D eigenvalue weighted by Gasteiger charge is -2.08. The van der Waals surface area contributed by atoms with Crippen LogP contribution in [0, 0.1) is 5.82 Å². The highest BCUT2D eigenvalue weighted by Crippen LogP contribution is 2.27. The average molecular weight is 433 g/mol. The number of Topliss-reactive ketones (excluding diaryl/α,β-unsaturated/α-hetero) is 1. The van der Waals surface area contributed by atoms with E-state index in [2.05, 4.69) is 43.3 Å². The number of rotatable bonds is 10. The number of unbranched alkanes of at least 4 members (excludes halogenated alkanes) is 3. The first-order valence-corrected chi connectivity index (χ1v) is 12.1. The van der Waals surface area contributed by atoms with Crippen LogP contribution in [0.5, 0.6) is 0 Å². The van der Waals surface area contributed by atoms with Crippen molar-refractivity contribution in [2.75, 3.05) is 0 Å². The fourth-order valence-corrected chi connectivity index (χ4v) is 3.69. The van der Waals surface area contributed by atoms with Crippen LogP contribution in [-0.4, -0.2) is 5.78 Å². The largest absolute Gasteiger partial charge is 0.294 e. The van der Waals surface area contributed by atoms with Crippen LogP contribution in [-0.2, 0) is 6.42 Å². The Morgan fingerprint density at radius 2 is 1.19 bits per heavy atom. The summed E-state index contributed by atoms with van der Waals surface area (Å²) >= 11 is 0. The molecule has 3 aromatic rings. The summed E-state index contributed by atoms with van der Waals surface area (Å²) in [6.45, 7) is 8.25. The van der Waals surface area contributed by atoms with Gasteiger partial charge in [0.25, 0.3) is 0 Å². The van der Waals surface area contributed by atoms with Gasteiger partial charge in [-0.3, -0.25) is 4.79 Å². The third-order valence-electron chi connectivity index (χ3n) is 5.60. The fraction of sp³-hybridized carbons (Fsp3) is 0.367. The van der Waals surface area contributed by atoms with Gasteiger partial charge in [-0.05, 0) is 59.2 Å². The second-order valence-electron chi connectivity index (χ2n) is 7.95. The van der Waals surface area contributed by atoms with Gasteiger partial charge in [-0.25, -0.2) is 4.39 Å². The van der Waals surface area contributed by atoms with Crippen molar-refractivity contribution in [2.24, 2.45) is 0 Å². The van der Waals surface area contributed by atoms with Gasteiger partial charge in [0.05, 0.1) is 5.56 Å². The molecule has 0 aliphatic carbocycles. The molecule has 0 spiro atoms. The summed E-state index contributed by atoms with van der Waals surface area (Å²) in [7, 11) is 0. The topological polar surface area (TPSA) is 17.1 Å². The minimum Gasteiger partial charge on any atom is -0.294 e. The summed E-state index contributed by atoms with van der Waals surface area (Å²) in [5, 5.41) is 0. The molecule has 0 saturated carbocycles. The van der Waals surface area contributed by atoms with Gasteiger partial charge in [0.1, 0.15) is 5.82 Å². The molecule has 0 atom stereocenters. The van der Waals surface area contributed by atoms with E-state index in [-0.39, 0.29) is 11.3 Å². The summed E-state index contributed by atoms with van der Waals surface area (Å²) in [4.78, 5) is 12.1. The van der Waals surface area contributed by atoms with Gasteiger partial charge < -0.3 is 0 Å². The third-order valence-corrected chi connectivity index (χ3v) is 5.60. The molecule has 0 N–H and O–H groups in total. The van der Waals surface area contributed by atoms with Crippen molar-refractivity contribution in [2.45, 2.75) is 72.6 Å². The Bertz CT molecular complexity index is 955. The van der Waals surface area contributed by atoms with E-state index in [9.17, 15) is 9.18 Å². The van der Waals surface area contributed by atoms with Gasteiger partial charge in [0.15, 0.2) is 5.78 Å². The maximum Gasteiger partial charge on any atom is 0.165 e. The molecule has 3 aromatic carbocycles. The van der Waals surface area contributed by atoms with Crippen LogP contribution in [0.1, 0.15) is 82.1 Å². The van der Waals surface area contributed by atoms with Gasteiger partial charge >= 0.3 is 0 Å². The summed E-state index contributed by atoms with van der Waals surface area (Å²) in [6.07, 6.45) is 7.02. The molecule has 0 aliphatic heterocycles. The number of hydrogen-bond donors (Lipinski definition) is 0. The number of carbonyl (C=O) groups is 1. The predicted molar refractivity (Wildman–Crippen MR) is 136 cm³/mol. The van der Waals surface area contributed by atoms with E-state index < -0.39 is 5.82 Å². The van der Waals surface area contributed by atoms with Gasteiger partial charge in [0, 0.05) is 6.42 Å². The lowest BCUT2D eigenvalue weighted by Crippen LogP contribution is -2.02. The zero-order valence-corrected chi connectivity index (χ0v) is 20.1. The van der Waals surface area contributed by atoms with Crippen molar-refractivity contribution >= 4 is 5.78 Å². The number of carbonyl (C=O) groups excluding carboxylic acids is 1. The smallest absolute Gasteiger partial charge is 0.165 e. The second kappa shape index (κ2) is 13.6. The number of aryl methyl sites for hydroxylation is 1. The molecule has 1 nitrogen and oxygen atoms in total. The highest BCUT2D eigenvalue weighted by molar-refractivity contribution is 5.96. The third kappa shape index (κ3) is 7.15. The van der Waals surface area contributed by atoms with Crippen molar-refractivity contribution in [1.29, 1.82) is 0 Å². The van der Waals surface area contributed by atoms with Crippen molar-refractivity contribution in [3.05, 3.63) is 83.7 Å². The molecule has 0 radical (unpaired) electrons. The highest BCUT2D eigenvalue weighted by atomic mass is 19.1. The standard InChI is InChI=1S/C28H31FO.C2H6/c1-3-5-7-8-21-10-12-22(13-11-21)23-14-16-24(17-15-23)25-18-19-26(27(29)20-25)28(30)9-6-4-2;1-2/h10-20H,3-9H2,1-2H3;1-2H3. The van der Waals surface area contributed by atoms with Gasteiger partial charge in [0.2, 0.25) is 0 Å². The molecule has 0 saturated heterocycles. The number of ketones is 1. The normalized spacial score (nSPS) is 10.4. The number of benzene rings is 3. The summed E-state index contributed by atoms with van der Waals surface area (Å²) in [5.74, 6) is -0.550. The predicted octanol–water partition coefficient (Wildman–Crippen LogP) is 9.29. The van der Waals surface area contributed by atoms with Crippen LogP contribution in [0.2, 0.25) is 0 Å². The first kappa shape index (κ1) is 25.5. The van der Waals surface area contributed by atoms with Gasteiger partial charge in [-0.1, -0.05) is 102 Å². The summed E-state index contributed by atoms with van der Waals surface area (Å²) < 4.78 is 14.5. The fourth-order valence-electron chi connectivity index (χ4n) is 3.69. The molecule has 3 rings (SSSR count). The lowest BCUT2D eigenvalue weighted by atomic mass is 9.97. The molecule has 32 heavy (non-hydrogen) atoms. The van der Waals surface area contributed by atoms with Crippen LogP contribution < -0.4 is 0 Å². The Morgan fingerprint density at radius 3 is 1.72 bits per heavy atom. The van der Waals surface area contributed by atoms with Crippen LogP contribution in [0.25, 0.3) is 22.3 Å². The molecular formula is C30H37FO. The quantitative estimate of drug-likeness (QED) is 0.230. The van der Waals surface area contributed by atoms with E-state index in [1.165, 1.54) is 36.5 Å². The van der Waals surface area contributed by atoms with Crippen molar-refractivity contribution in [3.8, 4) is 22.3 Å². The zero-order valence-electron chi connectivity index (χ0n) is 20.1. The van der Waals surface area contributed by atoms with E-state index in [0.717, 1.165) is 36.0 Å². The minimum atomic E-state index is -0.434. The molecule has 0 bridgehead atoms. The zero-order chi connectivity index (χ0) is 23.3. The Hall–Kier alpha value is -2.74. The van der Waals surface area contributed by atoms with Crippen LogP contribution in [0.3, 0.4) is 0 Å². The molecule has 0 heterocycles. The number of halogens is 1. The Morgan fingerprint density at radius 1 is 0.688 bits per heavy atom. The molecule has 0 unspecified atom stereocenters. The molecule has 170 valence electrons. The molecule has 0 fully saturated rings. The van der Waals surface area contributed by atoms with Crippen molar-refractivity contribution in [3.63, 3.8) is 0 Å². The Balaban J connectivity index is 0.00000176. The SMILES string of the molecule is CC.CCCCCc1ccc(-c2ccc(-c3ccc(C(=O)CCCC)c(F)c3)cc2)cc1. The van der Waals surface area contributed by atoms with Crippen molar-refractivity contribution < 1.29 is 9.18 Å². The maximum absolute atomic E-state index is 14.5. The average Bonchev–Trinajstić information content (AvgIpc) is 2.84. The molecule has 0 aromatic heterocycles. The van der Waals surface area contributed by atoms with Gasteiger partial charge in [-0.2, -0.15) is 0 Å². The van der Waals surface area contributed by atoms with Crippen LogP contribution in [0.4, 0.5) is 4.39 Å². The first-order valence-electron chi connectivity index (χ1n) is 12.1. The minimum absolute atomic E-state index is 0.116. The van der Waals surface area contributed by atoms with Gasteiger partial charge in [-0.15, -0.1) is 0 Å². The molecular weight excluding hydrogens is 395 g/mol. The van der Waals surface area contributed by atoms with Crippen LogP contribution >= 0.6 is 0 Å². The molecule has 0 aliphatic rings. The highest BCUT2D eigenvalue weighted by Gasteiger charge is 2.12. The monoisotopic (exact) mass is 432 g/mol. The van der Waals surface area contributed by atoms with E-state index in [4.69, 9.17) is 0 Å². The molecule has 2 heteroatoms. The summed E-state index contributed by atoms with van der Waals surface area (Å²) in [6, 6.07) is 21.9. The van der Waals surface area contributed by atoms with E-state index in [1.54, 1.807) is 6.07 Å². The van der Waals surface area contributed by atoms with E-state index in [1.807, 2.05) is 39.0 Å². The Kier molecular flexibility index (Phi) is 10.9. The first-order chi connectivity index (χ1) is 15.6. The van der Waals surface area contributed by atoms with Crippen LogP contribution in [0.15, 0.2) is 66.7 Å².